The van der Waals surface area contributed by atoms with E-state index in [1.54, 1.807) is 29.2 Å². The smallest absolute Gasteiger partial charge is 0.408 e. The fourth-order valence-corrected chi connectivity index (χ4v) is 4.19. The van der Waals surface area contributed by atoms with Gasteiger partial charge < -0.3 is 19.7 Å². The number of hydrogen-bond acceptors (Lipinski definition) is 4. The van der Waals surface area contributed by atoms with Gasteiger partial charge in [0.25, 0.3) is 5.91 Å². The van der Waals surface area contributed by atoms with Gasteiger partial charge in [-0.1, -0.05) is 72.3 Å². The summed E-state index contributed by atoms with van der Waals surface area (Å²) in [6.07, 6.45) is 0.531. The number of piperidine rings is 1. The minimum Gasteiger partial charge on any atom is -0.484 e. The lowest BCUT2D eigenvalue weighted by Crippen LogP contribution is -2.49. The first-order valence-electron chi connectivity index (χ1n) is 11.3. The molecule has 34 heavy (non-hydrogen) atoms. The highest BCUT2D eigenvalue weighted by Crippen LogP contribution is 2.37. The van der Waals surface area contributed by atoms with Crippen LogP contribution in [-0.2, 0) is 21.7 Å². The molecule has 3 aromatic rings. The Balaban J connectivity index is 1.37. The number of alkyl carbamates (subject to hydrolysis) is 1. The van der Waals surface area contributed by atoms with Crippen LogP contribution in [-0.4, -0.2) is 36.6 Å². The van der Waals surface area contributed by atoms with Crippen LogP contribution >= 0.6 is 11.6 Å². The first-order chi connectivity index (χ1) is 16.5. The van der Waals surface area contributed by atoms with Gasteiger partial charge in [-0.15, -0.1) is 0 Å². The summed E-state index contributed by atoms with van der Waals surface area (Å²) in [6.45, 7) is 1.25. The van der Waals surface area contributed by atoms with Gasteiger partial charge in [-0.25, -0.2) is 4.79 Å². The third-order valence-corrected chi connectivity index (χ3v) is 6.22. The van der Waals surface area contributed by atoms with Gasteiger partial charge in [0, 0.05) is 37.5 Å². The number of nitrogens with one attached hydrogen (secondary N) is 1. The summed E-state index contributed by atoms with van der Waals surface area (Å²) >= 11 is 5.89. The average Bonchev–Trinajstić information content (AvgIpc) is 2.88. The maximum Gasteiger partial charge on any atom is 0.408 e. The van der Waals surface area contributed by atoms with Crippen molar-refractivity contribution in [1.82, 2.24) is 10.2 Å². The predicted molar refractivity (Wildman–Crippen MR) is 131 cm³/mol. The van der Waals surface area contributed by atoms with Crippen LogP contribution in [0.15, 0.2) is 84.9 Å². The SMILES string of the molecule is O=C(NCc1ccccc1)OC1(c2ccccc2)CCN(C(=O)COc2ccc(Cl)cc2)CC1. The molecular formula is C27H27ClN2O4. The number of nitrogens with zero attached hydrogens (tertiary/aromatic N) is 1. The second-order valence-electron chi connectivity index (χ2n) is 8.21. The van der Waals surface area contributed by atoms with Crippen LogP contribution < -0.4 is 10.1 Å². The van der Waals surface area contributed by atoms with Crippen LogP contribution in [0.3, 0.4) is 0 Å². The molecule has 1 N–H and O–H groups in total. The zero-order chi connectivity index (χ0) is 23.8. The molecule has 2 amide bonds. The summed E-state index contributed by atoms with van der Waals surface area (Å²) in [6, 6.07) is 26.3. The Morgan fingerprint density at radius 3 is 2.15 bits per heavy atom. The molecule has 0 aliphatic carbocycles. The molecular weight excluding hydrogens is 452 g/mol. The molecule has 1 aliphatic rings. The van der Waals surface area contributed by atoms with Crippen molar-refractivity contribution in [1.29, 1.82) is 0 Å². The van der Waals surface area contributed by atoms with Crippen LogP contribution in [0.4, 0.5) is 4.79 Å². The molecule has 1 fully saturated rings. The maximum absolute atomic E-state index is 12.7. The van der Waals surface area contributed by atoms with Crippen LogP contribution in [0.2, 0.25) is 5.02 Å². The quantitative estimate of drug-likeness (QED) is 0.509. The van der Waals surface area contributed by atoms with Crippen molar-refractivity contribution in [2.24, 2.45) is 0 Å². The van der Waals surface area contributed by atoms with Crippen LogP contribution in [0.25, 0.3) is 0 Å². The number of carbonyl (C=O) groups is 2. The Morgan fingerprint density at radius 2 is 1.50 bits per heavy atom. The predicted octanol–water partition coefficient (Wildman–Crippen LogP) is 5.16. The molecule has 0 spiro atoms. The molecule has 176 valence electrons. The summed E-state index contributed by atoms with van der Waals surface area (Å²) < 4.78 is 11.6. The molecule has 0 saturated carbocycles. The number of carbonyl (C=O) groups excluding carboxylic acids is 2. The number of benzene rings is 3. The first-order valence-corrected chi connectivity index (χ1v) is 11.6. The Kier molecular flexibility index (Phi) is 7.70. The van der Waals surface area contributed by atoms with E-state index in [1.165, 1.54) is 0 Å². The molecule has 7 heteroatoms. The minimum atomic E-state index is -0.796. The number of amides is 2. The molecule has 0 aromatic heterocycles. The molecule has 0 radical (unpaired) electrons. The largest absolute Gasteiger partial charge is 0.484 e. The highest BCUT2D eigenvalue weighted by molar-refractivity contribution is 6.30. The van der Waals surface area contributed by atoms with Gasteiger partial charge >= 0.3 is 6.09 Å². The maximum atomic E-state index is 12.7. The zero-order valence-electron chi connectivity index (χ0n) is 18.8. The third kappa shape index (κ3) is 6.08. The van der Waals surface area contributed by atoms with E-state index in [0.717, 1.165) is 11.1 Å². The number of hydrogen-bond donors (Lipinski definition) is 1. The lowest BCUT2D eigenvalue weighted by molar-refractivity contribution is -0.138. The van der Waals surface area contributed by atoms with E-state index in [1.807, 2.05) is 60.7 Å². The topological polar surface area (TPSA) is 67.9 Å². The Hall–Kier alpha value is -3.51. The summed E-state index contributed by atoms with van der Waals surface area (Å²) in [4.78, 5) is 27.2. The molecule has 0 unspecified atom stereocenters. The van der Waals surface area contributed by atoms with Crippen molar-refractivity contribution in [2.45, 2.75) is 25.0 Å². The molecule has 4 rings (SSSR count). The van der Waals surface area contributed by atoms with Crippen LogP contribution in [0.1, 0.15) is 24.0 Å². The van der Waals surface area contributed by atoms with Gasteiger partial charge in [-0.05, 0) is 35.4 Å². The van der Waals surface area contributed by atoms with Crippen molar-refractivity contribution < 1.29 is 19.1 Å². The second kappa shape index (κ2) is 11.1. The lowest BCUT2D eigenvalue weighted by Gasteiger charge is -2.41. The molecule has 1 heterocycles. The molecule has 0 bridgehead atoms. The Morgan fingerprint density at radius 1 is 0.882 bits per heavy atom. The highest BCUT2D eigenvalue weighted by atomic mass is 35.5. The van der Waals surface area contributed by atoms with Crippen molar-refractivity contribution in [3.8, 4) is 5.75 Å². The van der Waals surface area contributed by atoms with Crippen molar-refractivity contribution in [3.63, 3.8) is 0 Å². The van der Waals surface area contributed by atoms with E-state index in [2.05, 4.69) is 5.32 Å². The van der Waals surface area contributed by atoms with Gasteiger partial charge in [0.2, 0.25) is 0 Å². The van der Waals surface area contributed by atoms with Crippen LogP contribution in [0, 0.1) is 0 Å². The van der Waals surface area contributed by atoms with Gasteiger partial charge in [-0.2, -0.15) is 0 Å². The summed E-state index contributed by atoms with van der Waals surface area (Å²) in [5, 5.41) is 3.46. The first kappa shape index (κ1) is 23.6. The number of likely N-dealkylation sites (tertiary alicyclic amines) is 1. The monoisotopic (exact) mass is 478 g/mol. The summed E-state index contributed by atoms with van der Waals surface area (Å²) in [7, 11) is 0. The van der Waals surface area contributed by atoms with Gasteiger partial charge in [-0.3, -0.25) is 4.79 Å². The normalized spacial score (nSPS) is 14.8. The molecule has 0 atom stereocenters. The fourth-order valence-electron chi connectivity index (χ4n) is 4.06. The van der Waals surface area contributed by atoms with Crippen molar-refractivity contribution in [3.05, 3.63) is 101 Å². The Bertz CT molecular complexity index is 1080. The standard InChI is InChI=1S/C27H27ClN2O4/c28-23-11-13-24(14-12-23)33-20-25(31)30-17-15-27(16-18-30,22-9-5-2-6-10-22)34-26(32)29-19-21-7-3-1-4-8-21/h1-14H,15-20H2,(H,29,32). The molecule has 3 aromatic carbocycles. The van der Waals surface area contributed by atoms with Gasteiger partial charge in [0.1, 0.15) is 11.4 Å². The van der Waals surface area contributed by atoms with E-state index in [-0.39, 0.29) is 12.5 Å². The van der Waals surface area contributed by atoms with Crippen LogP contribution in [0.5, 0.6) is 5.75 Å². The minimum absolute atomic E-state index is 0.0572. The van der Waals surface area contributed by atoms with Crippen molar-refractivity contribution in [2.75, 3.05) is 19.7 Å². The van der Waals surface area contributed by atoms with Crippen molar-refractivity contribution >= 4 is 23.6 Å². The van der Waals surface area contributed by atoms with E-state index < -0.39 is 11.7 Å². The van der Waals surface area contributed by atoms with E-state index in [4.69, 9.17) is 21.1 Å². The van der Waals surface area contributed by atoms with E-state index in [9.17, 15) is 9.59 Å². The van der Waals surface area contributed by atoms with E-state index in [0.29, 0.717) is 43.2 Å². The van der Waals surface area contributed by atoms with Gasteiger partial charge in [0.15, 0.2) is 6.61 Å². The fraction of sp³-hybridized carbons (Fsp3) is 0.259. The Labute approximate surface area is 204 Å². The summed E-state index contributed by atoms with van der Waals surface area (Å²) in [5.74, 6) is 0.483. The highest BCUT2D eigenvalue weighted by Gasteiger charge is 2.41. The van der Waals surface area contributed by atoms with E-state index >= 15 is 0 Å². The third-order valence-electron chi connectivity index (χ3n) is 5.97. The molecule has 6 nitrogen and oxygen atoms in total. The number of ether oxygens (including phenoxy) is 2. The second-order valence-corrected chi connectivity index (χ2v) is 8.65. The van der Waals surface area contributed by atoms with Gasteiger partial charge in [0.05, 0.1) is 0 Å². The zero-order valence-corrected chi connectivity index (χ0v) is 19.5. The average molecular weight is 479 g/mol. The molecule has 1 saturated heterocycles. The number of rotatable bonds is 7. The lowest BCUT2D eigenvalue weighted by atomic mass is 9.84. The molecule has 1 aliphatic heterocycles. The number of halogens is 1. The summed E-state index contributed by atoms with van der Waals surface area (Å²) in [5.41, 5.74) is 1.12.